The molecule has 0 aromatic heterocycles. The maximum absolute atomic E-state index is 12.9. The highest BCUT2D eigenvalue weighted by Crippen LogP contribution is 2.40. The van der Waals surface area contributed by atoms with Gasteiger partial charge in [0.1, 0.15) is 6.61 Å². The number of halogens is 2. The summed E-state index contributed by atoms with van der Waals surface area (Å²) in [6.45, 7) is 2.34. The number of amides is 2. The number of methoxy groups -OCH3 is 1. The molecule has 0 bridgehead atoms. The molecule has 0 unspecified atom stereocenters. The van der Waals surface area contributed by atoms with Crippen molar-refractivity contribution in [3.63, 3.8) is 0 Å². The van der Waals surface area contributed by atoms with E-state index < -0.39 is 5.91 Å². The first-order chi connectivity index (χ1) is 15.9. The zero-order valence-electron chi connectivity index (χ0n) is 17.8. The summed E-state index contributed by atoms with van der Waals surface area (Å²) in [6, 6.07) is 17.9. The van der Waals surface area contributed by atoms with Crippen LogP contribution in [-0.4, -0.2) is 18.3 Å². The Morgan fingerprint density at radius 3 is 2.48 bits per heavy atom. The molecule has 0 aliphatic carbocycles. The lowest BCUT2D eigenvalue weighted by Gasteiger charge is -2.14. The fourth-order valence-corrected chi connectivity index (χ4v) is 4.59. The van der Waals surface area contributed by atoms with Gasteiger partial charge in [-0.25, -0.2) is 4.90 Å². The Labute approximate surface area is 205 Å². The fourth-order valence-electron chi connectivity index (χ4n) is 3.35. The fraction of sp³-hybridized carbons (Fsp3) is 0.120. The molecule has 1 aliphatic heterocycles. The second kappa shape index (κ2) is 9.91. The summed E-state index contributed by atoms with van der Waals surface area (Å²) in [4.78, 5) is 26.8. The van der Waals surface area contributed by atoms with Gasteiger partial charge < -0.3 is 9.47 Å². The minimum Gasteiger partial charge on any atom is -0.493 e. The number of hydrogen-bond donors (Lipinski definition) is 0. The van der Waals surface area contributed by atoms with E-state index >= 15 is 0 Å². The van der Waals surface area contributed by atoms with E-state index in [1.165, 1.54) is 7.11 Å². The maximum atomic E-state index is 12.9. The van der Waals surface area contributed by atoms with Crippen LogP contribution in [0.1, 0.15) is 16.7 Å². The number of benzene rings is 3. The topological polar surface area (TPSA) is 55.8 Å². The first-order valence-corrected chi connectivity index (χ1v) is 11.5. The van der Waals surface area contributed by atoms with E-state index in [2.05, 4.69) is 0 Å². The molecule has 8 heteroatoms. The highest BCUT2D eigenvalue weighted by Gasteiger charge is 2.36. The standard InChI is InChI=1S/C25H19Cl2NO4S/c1-15-4-3-5-16(10-15)14-32-23-20(27)11-17(12-21(23)31-2)13-22-24(29)28(25(30)33-22)19-8-6-18(26)7-9-19/h3-13H,14H2,1-2H3/b22-13+. The Balaban J connectivity index is 1.58. The number of imide groups is 1. The van der Waals surface area contributed by atoms with Crippen LogP contribution < -0.4 is 14.4 Å². The van der Waals surface area contributed by atoms with Gasteiger partial charge in [0.05, 0.1) is 22.7 Å². The molecule has 3 aromatic carbocycles. The number of carbonyl (C=O) groups is 2. The van der Waals surface area contributed by atoms with E-state index in [1.807, 2.05) is 31.2 Å². The van der Waals surface area contributed by atoms with Gasteiger partial charge in [-0.15, -0.1) is 0 Å². The monoisotopic (exact) mass is 499 g/mol. The molecule has 0 N–H and O–H groups in total. The van der Waals surface area contributed by atoms with Crippen LogP contribution in [0.2, 0.25) is 10.0 Å². The van der Waals surface area contributed by atoms with Gasteiger partial charge in [-0.2, -0.15) is 0 Å². The number of hydrogen-bond acceptors (Lipinski definition) is 5. The third-order valence-corrected chi connectivity index (χ3v) is 6.30. The first-order valence-electron chi connectivity index (χ1n) is 9.95. The van der Waals surface area contributed by atoms with Crippen LogP contribution in [0.5, 0.6) is 11.5 Å². The van der Waals surface area contributed by atoms with Gasteiger partial charge in [0.25, 0.3) is 11.1 Å². The third kappa shape index (κ3) is 5.19. The molecule has 33 heavy (non-hydrogen) atoms. The summed E-state index contributed by atoms with van der Waals surface area (Å²) in [7, 11) is 1.52. The molecule has 5 nitrogen and oxygen atoms in total. The predicted octanol–water partition coefficient (Wildman–Crippen LogP) is 7.13. The average molecular weight is 500 g/mol. The smallest absolute Gasteiger partial charge is 0.298 e. The number of anilines is 1. The summed E-state index contributed by atoms with van der Waals surface area (Å²) in [5, 5.41) is 0.475. The second-order valence-corrected chi connectivity index (χ2v) is 9.14. The van der Waals surface area contributed by atoms with E-state index in [9.17, 15) is 9.59 Å². The van der Waals surface area contributed by atoms with Crippen molar-refractivity contribution in [1.82, 2.24) is 0 Å². The zero-order chi connectivity index (χ0) is 23.5. The zero-order valence-corrected chi connectivity index (χ0v) is 20.1. The van der Waals surface area contributed by atoms with Crippen molar-refractivity contribution in [2.24, 2.45) is 0 Å². The molecule has 0 spiro atoms. The van der Waals surface area contributed by atoms with E-state index in [1.54, 1.807) is 42.5 Å². The molecular formula is C25H19Cl2NO4S. The maximum Gasteiger partial charge on any atom is 0.298 e. The second-order valence-electron chi connectivity index (χ2n) is 7.31. The van der Waals surface area contributed by atoms with Crippen molar-refractivity contribution in [2.45, 2.75) is 13.5 Å². The van der Waals surface area contributed by atoms with Crippen molar-refractivity contribution >= 4 is 57.9 Å². The van der Waals surface area contributed by atoms with Crippen molar-refractivity contribution in [3.8, 4) is 11.5 Å². The van der Waals surface area contributed by atoms with Gasteiger partial charge in [-0.1, -0.05) is 53.0 Å². The Bertz CT molecular complexity index is 1260. The summed E-state index contributed by atoms with van der Waals surface area (Å²) in [6.07, 6.45) is 1.61. The molecule has 168 valence electrons. The minimum atomic E-state index is -0.415. The van der Waals surface area contributed by atoms with E-state index in [-0.39, 0.29) is 10.1 Å². The molecule has 0 saturated carbocycles. The van der Waals surface area contributed by atoms with Crippen LogP contribution in [0.25, 0.3) is 6.08 Å². The minimum absolute atomic E-state index is 0.279. The van der Waals surface area contributed by atoms with Gasteiger partial charge in [-0.05, 0) is 72.3 Å². The number of ether oxygens (including phenoxy) is 2. The lowest BCUT2D eigenvalue weighted by atomic mass is 10.1. The van der Waals surface area contributed by atoms with E-state index in [0.717, 1.165) is 27.8 Å². The lowest BCUT2D eigenvalue weighted by molar-refractivity contribution is -0.113. The van der Waals surface area contributed by atoms with Gasteiger partial charge in [-0.3, -0.25) is 9.59 Å². The van der Waals surface area contributed by atoms with Crippen molar-refractivity contribution in [3.05, 3.63) is 92.3 Å². The molecule has 1 saturated heterocycles. The highest BCUT2D eigenvalue weighted by molar-refractivity contribution is 8.19. The summed E-state index contributed by atoms with van der Waals surface area (Å²) in [5.74, 6) is 0.424. The van der Waals surface area contributed by atoms with Crippen molar-refractivity contribution < 1.29 is 19.1 Å². The van der Waals surface area contributed by atoms with Crippen molar-refractivity contribution in [2.75, 3.05) is 12.0 Å². The molecule has 1 fully saturated rings. The Hall–Kier alpha value is -2.93. The molecule has 0 atom stereocenters. The third-order valence-electron chi connectivity index (χ3n) is 4.89. The van der Waals surface area contributed by atoms with Gasteiger partial charge in [0, 0.05) is 5.02 Å². The molecule has 2 amide bonds. The van der Waals surface area contributed by atoms with Crippen LogP contribution in [0, 0.1) is 6.92 Å². The number of rotatable bonds is 6. The number of aryl methyl sites for hydroxylation is 1. The number of carbonyl (C=O) groups excluding carboxylic acids is 2. The van der Waals surface area contributed by atoms with Gasteiger partial charge in [0.2, 0.25) is 0 Å². The van der Waals surface area contributed by atoms with E-state index in [4.69, 9.17) is 32.7 Å². The predicted molar refractivity (Wildman–Crippen MR) is 133 cm³/mol. The van der Waals surface area contributed by atoms with Gasteiger partial charge in [0.15, 0.2) is 11.5 Å². The molecule has 0 radical (unpaired) electrons. The SMILES string of the molecule is COc1cc(/C=C2/SC(=O)N(c3ccc(Cl)cc3)C2=O)cc(Cl)c1OCc1cccc(C)c1. The van der Waals surface area contributed by atoms with Crippen LogP contribution in [0.3, 0.4) is 0 Å². The Kier molecular flexibility index (Phi) is 6.98. The normalized spacial score (nSPS) is 14.8. The lowest BCUT2D eigenvalue weighted by Crippen LogP contribution is -2.27. The van der Waals surface area contributed by atoms with Crippen LogP contribution in [-0.2, 0) is 11.4 Å². The molecule has 4 rings (SSSR count). The number of nitrogens with zero attached hydrogens (tertiary/aromatic N) is 1. The van der Waals surface area contributed by atoms with Crippen LogP contribution in [0.4, 0.5) is 10.5 Å². The largest absolute Gasteiger partial charge is 0.493 e. The Morgan fingerprint density at radius 1 is 1.03 bits per heavy atom. The van der Waals surface area contributed by atoms with Crippen LogP contribution >= 0.6 is 35.0 Å². The highest BCUT2D eigenvalue weighted by atomic mass is 35.5. The quantitative estimate of drug-likeness (QED) is 0.337. The van der Waals surface area contributed by atoms with Crippen molar-refractivity contribution in [1.29, 1.82) is 0 Å². The summed E-state index contributed by atoms with van der Waals surface area (Å²) < 4.78 is 11.4. The van der Waals surface area contributed by atoms with E-state index in [0.29, 0.717) is 39.4 Å². The average Bonchev–Trinajstić information content (AvgIpc) is 3.06. The summed E-state index contributed by atoms with van der Waals surface area (Å²) >= 11 is 13.3. The van der Waals surface area contributed by atoms with Crippen LogP contribution in [0.15, 0.2) is 65.6 Å². The Morgan fingerprint density at radius 2 is 1.79 bits per heavy atom. The number of thioether (sulfide) groups is 1. The van der Waals surface area contributed by atoms with Gasteiger partial charge >= 0.3 is 0 Å². The molecule has 1 heterocycles. The summed E-state index contributed by atoms with van der Waals surface area (Å²) in [5.41, 5.74) is 3.22. The molecule has 3 aromatic rings. The first kappa shape index (κ1) is 23.2. The molecule has 1 aliphatic rings. The molecular weight excluding hydrogens is 481 g/mol.